The summed E-state index contributed by atoms with van der Waals surface area (Å²) in [7, 11) is 2.14. The molecule has 2 amide bonds. The molecule has 0 aromatic rings. The highest BCUT2D eigenvalue weighted by Gasteiger charge is 2.52. The Hall–Kier alpha value is -1.58. The molecule has 138 valence electrons. The minimum absolute atomic E-state index is 0.138. The van der Waals surface area contributed by atoms with Crippen molar-refractivity contribution < 1.29 is 24.0 Å². The molecule has 0 aromatic heterocycles. The number of likely N-dealkylation sites (N-methyl/N-ethyl adjacent to an activating group) is 1. The van der Waals surface area contributed by atoms with Crippen molar-refractivity contribution >= 4 is 30.0 Å². The Bertz CT molecular complexity index is 615. The molecule has 0 aliphatic carbocycles. The smallest absolute Gasteiger partial charge is 0.352 e. The highest BCUT2D eigenvalue weighted by atomic mass is 32.2. The SMILES string of the molecule is C[N+]1(CC2=C(C(=O)O)N3C(=O)C(N)C3SC2)CCC(CNC=O)CC1. The van der Waals surface area contributed by atoms with Crippen molar-refractivity contribution in [1.29, 1.82) is 0 Å². The number of β-lactam (4-membered cyclic amide) rings is 1. The molecule has 25 heavy (non-hydrogen) atoms. The van der Waals surface area contributed by atoms with Crippen LogP contribution in [0.3, 0.4) is 0 Å². The first kappa shape index (κ1) is 18.2. The quantitative estimate of drug-likeness (QED) is 0.320. The summed E-state index contributed by atoms with van der Waals surface area (Å²) in [5.74, 6) is -0.261. The molecule has 4 N–H and O–H groups in total. The van der Waals surface area contributed by atoms with Crippen molar-refractivity contribution in [2.75, 3.05) is 39.0 Å². The van der Waals surface area contributed by atoms with Crippen LogP contribution in [0.5, 0.6) is 0 Å². The van der Waals surface area contributed by atoms with Crippen molar-refractivity contribution in [3.8, 4) is 0 Å². The lowest BCUT2D eigenvalue weighted by molar-refractivity contribution is -0.910. The highest BCUT2D eigenvalue weighted by Crippen LogP contribution is 2.40. The highest BCUT2D eigenvalue weighted by molar-refractivity contribution is 8.00. The second-order valence-corrected chi connectivity index (χ2v) is 8.49. The second-order valence-electron chi connectivity index (χ2n) is 7.39. The van der Waals surface area contributed by atoms with Gasteiger partial charge in [0.25, 0.3) is 0 Å². The van der Waals surface area contributed by atoms with Gasteiger partial charge in [-0.25, -0.2) is 4.79 Å². The summed E-state index contributed by atoms with van der Waals surface area (Å²) in [6.07, 6.45) is 2.73. The normalized spacial score (nSPS) is 35.0. The largest absolute Gasteiger partial charge is 0.477 e. The summed E-state index contributed by atoms with van der Waals surface area (Å²) >= 11 is 1.55. The first-order valence-electron chi connectivity index (χ1n) is 8.52. The Morgan fingerprint density at radius 2 is 2.16 bits per heavy atom. The van der Waals surface area contributed by atoms with Gasteiger partial charge in [0.1, 0.15) is 23.7 Å². The average molecular weight is 369 g/mol. The lowest BCUT2D eigenvalue weighted by atomic mass is 9.94. The topological polar surface area (TPSA) is 113 Å². The van der Waals surface area contributed by atoms with Crippen molar-refractivity contribution in [3.05, 3.63) is 11.3 Å². The summed E-state index contributed by atoms with van der Waals surface area (Å²) < 4.78 is 0.767. The molecule has 3 aliphatic rings. The maximum atomic E-state index is 12.0. The predicted molar refractivity (Wildman–Crippen MR) is 93.3 cm³/mol. The number of carboxylic acids is 1. The van der Waals surface area contributed by atoms with E-state index in [4.69, 9.17) is 5.73 Å². The Balaban J connectivity index is 1.71. The monoisotopic (exact) mass is 369 g/mol. The number of thioether (sulfide) groups is 1. The van der Waals surface area contributed by atoms with Crippen molar-refractivity contribution in [2.24, 2.45) is 11.7 Å². The third-order valence-electron chi connectivity index (χ3n) is 5.51. The van der Waals surface area contributed by atoms with Crippen LogP contribution in [0, 0.1) is 5.92 Å². The molecule has 2 fully saturated rings. The van der Waals surface area contributed by atoms with Crippen LogP contribution in [0.2, 0.25) is 0 Å². The maximum absolute atomic E-state index is 12.0. The molecule has 0 radical (unpaired) electrons. The molecule has 3 heterocycles. The number of carbonyl (C=O) groups excluding carboxylic acids is 2. The van der Waals surface area contributed by atoms with Crippen LogP contribution in [-0.4, -0.2) is 83.2 Å². The summed E-state index contributed by atoms with van der Waals surface area (Å²) in [5, 5.41) is 12.1. The maximum Gasteiger partial charge on any atom is 0.352 e. The number of carbonyl (C=O) groups is 3. The lowest BCUT2D eigenvalue weighted by Crippen LogP contribution is -2.68. The van der Waals surface area contributed by atoms with Gasteiger partial charge in [0.15, 0.2) is 0 Å². The number of quaternary nitrogens is 1. The van der Waals surface area contributed by atoms with Crippen molar-refractivity contribution in [1.82, 2.24) is 10.2 Å². The molecule has 3 aliphatic heterocycles. The van der Waals surface area contributed by atoms with Crippen LogP contribution < -0.4 is 11.1 Å². The molecule has 2 saturated heterocycles. The number of amides is 2. The number of carboxylic acid groups (broad SMARTS) is 1. The number of hydrogen-bond acceptors (Lipinski definition) is 5. The van der Waals surface area contributed by atoms with Crippen LogP contribution in [0.15, 0.2) is 11.3 Å². The van der Waals surface area contributed by atoms with Crippen LogP contribution in [-0.2, 0) is 14.4 Å². The van der Waals surface area contributed by atoms with Crippen molar-refractivity contribution in [3.63, 3.8) is 0 Å². The van der Waals surface area contributed by atoms with Crippen molar-refractivity contribution in [2.45, 2.75) is 24.3 Å². The molecular formula is C16H25N4O4S+. The Morgan fingerprint density at radius 1 is 1.48 bits per heavy atom. The zero-order valence-corrected chi connectivity index (χ0v) is 15.1. The van der Waals surface area contributed by atoms with E-state index in [2.05, 4.69) is 12.4 Å². The zero-order valence-electron chi connectivity index (χ0n) is 14.3. The number of piperidine rings is 1. The Kier molecular flexibility index (Phi) is 5.08. The van der Waals surface area contributed by atoms with Crippen LogP contribution in [0.1, 0.15) is 12.8 Å². The standard InChI is InChI=1S/C16H24N4O4S/c1-20(4-2-10(3-5-20)6-18-9-21)7-11-8-25-15-12(17)14(22)19(15)13(11)16(23)24/h9-10,12,15H,2-8,17H2,1H3,(H-,18,21,23,24)/p+1. The fourth-order valence-corrected chi connectivity index (χ4v) is 5.27. The van der Waals surface area contributed by atoms with Crippen LogP contribution in [0.25, 0.3) is 0 Å². The number of nitrogens with one attached hydrogen (secondary N) is 1. The molecule has 0 aromatic carbocycles. The number of likely N-dealkylation sites (tertiary alicyclic amines) is 1. The van der Waals surface area contributed by atoms with E-state index >= 15 is 0 Å². The molecule has 9 heteroatoms. The third kappa shape index (κ3) is 3.40. The molecule has 8 nitrogen and oxygen atoms in total. The van der Waals surface area contributed by atoms with E-state index in [0.29, 0.717) is 24.8 Å². The van der Waals surface area contributed by atoms with E-state index in [1.807, 2.05) is 0 Å². The minimum atomic E-state index is -1.04. The number of rotatable bonds is 6. The fourth-order valence-electron chi connectivity index (χ4n) is 3.98. The molecule has 0 spiro atoms. The van der Waals surface area contributed by atoms with Gasteiger partial charge < -0.3 is 20.6 Å². The van der Waals surface area contributed by atoms with E-state index in [1.54, 1.807) is 11.8 Å². The Morgan fingerprint density at radius 3 is 2.76 bits per heavy atom. The van der Waals surface area contributed by atoms with E-state index in [1.165, 1.54) is 4.90 Å². The summed E-state index contributed by atoms with van der Waals surface area (Å²) in [6, 6.07) is -0.591. The molecular weight excluding hydrogens is 344 g/mol. The number of nitrogens with two attached hydrogens (primary N) is 1. The molecule has 0 bridgehead atoms. The zero-order chi connectivity index (χ0) is 18.2. The second kappa shape index (κ2) is 6.97. The molecule has 0 saturated carbocycles. The van der Waals surface area contributed by atoms with E-state index < -0.39 is 12.0 Å². The van der Waals surface area contributed by atoms with Crippen LogP contribution >= 0.6 is 11.8 Å². The number of fused-ring (bicyclic) bond motifs is 1. The molecule has 2 atom stereocenters. The lowest BCUT2D eigenvalue weighted by Gasteiger charge is -2.49. The van der Waals surface area contributed by atoms with E-state index in [0.717, 1.165) is 42.4 Å². The van der Waals surface area contributed by atoms with E-state index in [-0.39, 0.29) is 17.0 Å². The fraction of sp³-hybridized carbons (Fsp3) is 0.688. The summed E-state index contributed by atoms with van der Waals surface area (Å²) in [5.41, 5.74) is 6.75. The van der Waals surface area contributed by atoms with Gasteiger partial charge in [-0.05, 0) is 5.92 Å². The summed E-state index contributed by atoms with van der Waals surface area (Å²) in [4.78, 5) is 35.6. The summed E-state index contributed by atoms with van der Waals surface area (Å²) in [6.45, 7) is 3.20. The van der Waals surface area contributed by atoms with Gasteiger partial charge in [-0.2, -0.15) is 0 Å². The van der Waals surface area contributed by atoms with Gasteiger partial charge >= 0.3 is 5.97 Å². The van der Waals surface area contributed by atoms with Gasteiger partial charge in [-0.3, -0.25) is 14.5 Å². The number of aliphatic carboxylic acids is 1. The first-order valence-corrected chi connectivity index (χ1v) is 9.57. The third-order valence-corrected chi connectivity index (χ3v) is 6.87. The van der Waals surface area contributed by atoms with Gasteiger partial charge in [-0.1, -0.05) is 0 Å². The molecule has 3 rings (SSSR count). The average Bonchev–Trinajstić information content (AvgIpc) is 2.59. The number of hydrogen-bond donors (Lipinski definition) is 3. The van der Waals surface area contributed by atoms with Gasteiger partial charge in [0.2, 0.25) is 12.3 Å². The van der Waals surface area contributed by atoms with Gasteiger partial charge in [0, 0.05) is 30.7 Å². The predicted octanol–water partition coefficient (Wildman–Crippen LogP) is -0.830. The van der Waals surface area contributed by atoms with Crippen LogP contribution in [0.4, 0.5) is 0 Å². The van der Waals surface area contributed by atoms with E-state index in [9.17, 15) is 19.5 Å². The van der Waals surface area contributed by atoms with Gasteiger partial charge in [0.05, 0.1) is 20.1 Å². The minimum Gasteiger partial charge on any atom is -0.477 e. The first-order chi connectivity index (χ1) is 11.9. The van der Waals surface area contributed by atoms with Gasteiger partial charge in [-0.15, -0.1) is 11.8 Å². The molecule has 2 unspecified atom stereocenters. The Labute approximate surface area is 151 Å². The number of nitrogens with zero attached hydrogens (tertiary/aromatic N) is 2.